The molecule has 0 spiro atoms. The molecule has 0 fully saturated rings. The maximum atomic E-state index is 11.7. The Morgan fingerprint density at radius 1 is 1.37 bits per heavy atom. The van der Waals surface area contributed by atoms with Crippen molar-refractivity contribution in [2.24, 2.45) is 0 Å². The number of nitrogens with one attached hydrogen (secondary N) is 1. The van der Waals surface area contributed by atoms with E-state index >= 15 is 0 Å². The average Bonchev–Trinajstić information content (AvgIpc) is 2.38. The number of carbonyl (C=O) groups excluding carboxylic acids is 1. The molecule has 0 saturated heterocycles. The third kappa shape index (κ3) is 3.85. The van der Waals surface area contributed by atoms with Crippen molar-refractivity contribution in [1.29, 1.82) is 0 Å². The maximum absolute atomic E-state index is 11.7. The number of amides is 1. The summed E-state index contributed by atoms with van der Waals surface area (Å²) in [5.41, 5.74) is 0.193. The largest absolute Gasteiger partial charge is 0.504 e. The number of carboxylic acids is 1. The van der Waals surface area contributed by atoms with Crippen LogP contribution in [0.1, 0.15) is 10.4 Å². The zero-order valence-electron chi connectivity index (χ0n) is 10.5. The van der Waals surface area contributed by atoms with Crippen LogP contribution in [-0.2, 0) is 9.53 Å². The van der Waals surface area contributed by atoms with Crippen LogP contribution < -0.4 is 10.1 Å². The normalized spacial score (nSPS) is 11.7. The minimum atomic E-state index is -1.17. The van der Waals surface area contributed by atoms with E-state index in [1.165, 1.54) is 32.4 Å². The van der Waals surface area contributed by atoms with Crippen LogP contribution in [0.25, 0.3) is 0 Å². The van der Waals surface area contributed by atoms with Crippen molar-refractivity contribution in [3.8, 4) is 11.5 Å². The average molecular weight is 269 g/mol. The van der Waals surface area contributed by atoms with Crippen molar-refractivity contribution in [2.75, 3.05) is 20.8 Å². The predicted octanol–water partition coefficient (Wildman–Crippen LogP) is 0.230. The van der Waals surface area contributed by atoms with E-state index in [9.17, 15) is 14.7 Å². The molecule has 0 heterocycles. The second-order valence-electron chi connectivity index (χ2n) is 3.66. The summed E-state index contributed by atoms with van der Waals surface area (Å²) in [6, 6.07) is 4.13. The number of carboxylic acid groups (broad SMARTS) is 1. The fourth-order valence-corrected chi connectivity index (χ4v) is 1.39. The van der Waals surface area contributed by atoms with E-state index in [-0.39, 0.29) is 23.6 Å². The summed E-state index contributed by atoms with van der Waals surface area (Å²) in [5, 5.41) is 20.7. The third-order valence-electron chi connectivity index (χ3n) is 2.45. The Kier molecular flexibility index (Phi) is 5.13. The predicted molar refractivity (Wildman–Crippen MR) is 65.4 cm³/mol. The van der Waals surface area contributed by atoms with E-state index < -0.39 is 18.0 Å². The summed E-state index contributed by atoms with van der Waals surface area (Å²) in [5.74, 6) is -1.60. The topological polar surface area (TPSA) is 105 Å². The molecule has 1 aromatic rings. The molecule has 1 aromatic carbocycles. The molecule has 1 rings (SSSR count). The standard InChI is InChI=1S/C12H15NO6/c1-18-9-4-3-7(5-8(9)14)11(15)13-6-10(19-2)12(16)17/h3-5,10,14H,6H2,1-2H3,(H,13,15)(H,16,17). The Bertz CT molecular complexity index is 473. The van der Waals surface area contributed by atoms with Gasteiger partial charge in [0.1, 0.15) is 0 Å². The SMILES string of the molecule is COc1ccc(C(=O)NCC(OC)C(=O)O)cc1O. The molecule has 0 aliphatic heterocycles. The number of benzene rings is 1. The van der Waals surface area contributed by atoms with E-state index in [2.05, 4.69) is 10.1 Å². The Morgan fingerprint density at radius 3 is 2.53 bits per heavy atom. The van der Waals surface area contributed by atoms with Gasteiger partial charge in [0.25, 0.3) is 5.91 Å². The summed E-state index contributed by atoms with van der Waals surface area (Å²) >= 11 is 0. The molecule has 0 aliphatic rings. The summed E-state index contributed by atoms with van der Waals surface area (Å²) < 4.78 is 9.52. The molecule has 104 valence electrons. The van der Waals surface area contributed by atoms with Gasteiger partial charge in [0.2, 0.25) is 0 Å². The van der Waals surface area contributed by atoms with Crippen molar-refractivity contribution < 1.29 is 29.3 Å². The van der Waals surface area contributed by atoms with Gasteiger partial charge < -0.3 is 25.0 Å². The smallest absolute Gasteiger partial charge is 0.334 e. The number of hydrogen-bond acceptors (Lipinski definition) is 5. The first-order valence-electron chi connectivity index (χ1n) is 5.40. The number of phenols is 1. The van der Waals surface area contributed by atoms with Crippen LogP contribution in [0.2, 0.25) is 0 Å². The molecule has 0 aliphatic carbocycles. The van der Waals surface area contributed by atoms with Crippen LogP contribution in [0.4, 0.5) is 0 Å². The van der Waals surface area contributed by atoms with Crippen LogP contribution in [-0.4, -0.2) is 49.0 Å². The summed E-state index contributed by atoms with van der Waals surface area (Å²) in [6.07, 6.45) is -1.12. The molecule has 7 nitrogen and oxygen atoms in total. The van der Waals surface area contributed by atoms with Crippen molar-refractivity contribution in [1.82, 2.24) is 5.32 Å². The zero-order chi connectivity index (χ0) is 14.4. The van der Waals surface area contributed by atoms with Crippen LogP contribution >= 0.6 is 0 Å². The lowest BCUT2D eigenvalue weighted by molar-refractivity contribution is -0.148. The van der Waals surface area contributed by atoms with E-state index in [0.717, 1.165) is 0 Å². The van der Waals surface area contributed by atoms with Crippen LogP contribution in [0.3, 0.4) is 0 Å². The monoisotopic (exact) mass is 269 g/mol. The molecule has 0 bridgehead atoms. The molecular formula is C12H15NO6. The quantitative estimate of drug-likeness (QED) is 0.682. The minimum Gasteiger partial charge on any atom is -0.504 e. The van der Waals surface area contributed by atoms with Gasteiger partial charge in [-0.1, -0.05) is 0 Å². The molecule has 19 heavy (non-hydrogen) atoms. The summed E-state index contributed by atoms with van der Waals surface area (Å²) in [6.45, 7) is -0.169. The van der Waals surface area contributed by atoms with Gasteiger partial charge in [-0.25, -0.2) is 4.79 Å². The van der Waals surface area contributed by atoms with Gasteiger partial charge in [0, 0.05) is 12.7 Å². The van der Waals surface area contributed by atoms with Gasteiger partial charge in [0.15, 0.2) is 17.6 Å². The lowest BCUT2D eigenvalue weighted by Crippen LogP contribution is -2.37. The Hall–Kier alpha value is -2.28. The fraction of sp³-hybridized carbons (Fsp3) is 0.333. The van der Waals surface area contributed by atoms with Crippen molar-refractivity contribution >= 4 is 11.9 Å². The van der Waals surface area contributed by atoms with Gasteiger partial charge in [-0.2, -0.15) is 0 Å². The van der Waals surface area contributed by atoms with Gasteiger partial charge in [-0.05, 0) is 18.2 Å². The van der Waals surface area contributed by atoms with Crippen molar-refractivity contribution in [2.45, 2.75) is 6.10 Å². The first-order chi connectivity index (χ1) is 8.99. The van der Waals surface area contributed by atoms with E-state index in [1.54, 1.807) is 0 Å². The van der Waals surface area contributed by atoms with Crippen LogP contribution in [0.15, 0.2) is 18.2 Å². The molecule has 3 N–H and O–H groups in total. The number of ether oxygens (including phenoxy) is 2. The molecule has 1 amide bonds. The Morgan fingerprint density at radius 2 is 2.05 bits per heavy atom. The van der Waals surface area contributed by atoms with E-state index in [4.69, 9.17) is 9.84 Å². The Balaban J connectivity index is 2.68. The number of phenolic OH excluding ortho intramolecular Hbond substituents is 1. The molecular weight excluding hydrogens is 254 g/mol. The van der Waals surface area contributed by atoms with Crippen molar-refractivity contribution in [3.63, 3.8) is 0 Å². The van der Waals surface area contributed by atoms with Gasteiger partial charge in [-0.15, -0.1) is 0 Å². The molecule has 1 atom stereocenters. The second-order valence-corrected chi connectivity index (χ2v) is 3.66. The first-order valence-corrected chi connectivity index (χ1v) is 5.40. The molecule has 1 unspecified atom stereocenters. The highest BCUT2D eigenvalue weighted by Crippen LogP contribution is 2.25. The number of aliphatic carboxylic acids is 1. The lowest BCUT2D eigenvalue weighted by atomic mass is 10.2. The molecule has 0 radical (unpaired) electrons. The van der Waals surface area contributed by atoms with Gasteiger partial charge >= 0.3 is 5.97 Å². The summed E-state index contributed by atoms with van der Waals surface area (Å²) in [4.78, 5) is 22.4. The van der Waals surface area contributed by atoms with E-state index in [0.29, 0.717) is 0 Å². The number of aromatic hydroxyl groups is 1. The van der Waals surface area contributed by atoms with Crippen molar-refractivity contribution in [3.05, 3.63) is 23.8 Å². The minimum absolute atomic E-state index is 0.169. The highest BCUT2D eigenvalue weighted by atomic mass is 16.5. The molecule has 0 aromatic heterocycles. The Labute approximate surface area is 109 Å². The third-order valence-corrected chi connectivity index (χ3v) is 2.45. The number of methoxy groups -OCH3 is 2. The van der Waals surface area contributed by atoms with E-state index in [1.807, 2.05) is 0 Å². The fourth-order valence-electron chi connectivity index (χ4n) is 1.39. The number of hydrogen-bond donors (Lipinski definition) is 3. The molecule has 7 heteroatoms. The zero-order valence-corrected chi connectivity index (χ0v) is 10.5. The molecule has 0 saturated carbocycles. The number of rotatable bonds is 6. The first kappa shape index (κ1) is 14.8. The highest BCUT2D eigenvalue weighted by Gasteiger charge is 2.18. The van der Waals surface area contributed by atoms with Gasteiger partial charge in [-0.3, -0.25) is 4.79 Å². The maximum Gasteiger partial charge on any atom is 0.334 e. The lowest BCUT2D eigenvalue weighted by Gasteiger charge is -2.12. The summed E-state index contributed by atoms with van der Waals surface area (Å²) in [7, 11) is 2.63. The van der Waals surface area contributed by atoms with Gasteiger partial charge in [0.05, 0.1) is 13.7 Å². The number of carbonyl (C=O) groups is 2. The van der Waals surface area contributed by atoms with Crippen LogP contribution in [0.5, 0.6) is 11.5 Å². The van der Waals surface area contributed by atoms with Crippen LogP contribution in [0, 0.1) is 0 Å². The highest BCUT2D eigenvalue weighted by molar-refractivity contribution is 5.95. The second kappa shape index (κ2) is 6.60.